The van der Waals surface area contributed by atoms with Crippen molar-refractivity contribution in [3.05, 3.63) is 40.6 Å². The highest BCUT2D eigenvalue weighted by Gasteiger charge is 2.16. The van der Waals surface area contributed by atoms with Gasteiger partial charge in [0.05, 0.1) is 30.5 Å². The van der Waals surface area contributed by atoms with Gasteiger partial charge in [0, 0.05) is 4.47 Å². The molecule has 0 atom stereocenters. The molecule has 0 bridgehead atoms. The molecule has 1 heterocycles. The second-order valence-corrected chi connectivity index (χ2v) is 7.16. The van der Waals surface area contributed by atoms with E-state index in [0.717, 1.165) is 4.47 Å². The van der Waals surface area contributed by atoms with Crippen LogP contribution in [0.2, 0.25) is 0 Å². The van der Waals surface area contributed by atoms with E-state index in [1.165, 1.54) is 30.1 Å². The van der Waals surface area contributed by atoms with Crippen molar-refractivity contribution < 1.29 is 17.9 Å². The van der Waals surface area contributed by atoms with Gasteiger partial charge < -0.3 is 4.74 Å². The number of rotatable bonds is 5. The lowest BCUT2D eigenvalue weighted by atomic mass is 10.4. The van der Waals surface area contributed by atoms with Crippen LogP contribution in [0.4, 0.5) is 0 Å². The number of aromatic nitrogens is 3. The molecular formula is C12H12BrN3O4S. The molecule has 0 spiro atoms. The van der Waals surface area contributed by atoms with Gasteiger partial charge in [0.2, 0.25) is 0 Å². The number of sulfone groups is 1. The zero-order valence-corrected chi connectivity index (χ0v) is 13.5. The van der Waals surface area contributed by atoms with Crippen LogP contribution >= 0.6 is 15.9 Å². The van der Waals surface area contributed by atoms with Gasteiger partial charge in [-0.2, -0.15) is 0 Å². The van der Waals surface area contributed by atoms with E-state index < -0.39 is 15.8 Å². The van der Waals surface area contributed by atoms with Crippen LogP contribution in [0.1, 0.15) is 10.5 Å². The highest BCUT2D eigenvalue weighted by Crippen LogP contribution is 2.16. The third kappa shape index (κ3) is 3.88. The third-order valence-corrected chi connectivity index (χ3v) is 4.93. The van der Waals surface area contributed by atoms with E-state index in [4.69, 9.17) is 0 Å². The molecule has 0 unspecified atom stereocenters. The second-order valence-electron chi connectivity index (χ2n) is 4.13. The molecule has 9 heteroatoms. The summed E-state index contributed by atoms with van der Waals surface area (Å²) in [5, 5.41) is 7.30. The number of carbonyl (C=O) groups excluding carboxylic acids is 1. The Bertz CT molecular complexity index is 740. The van der Waals surface area contributed by atoms with Crippen molar-refractivity contribution >= 4 is 31.7 Å². The monoisotopic (exact) mass is 373 g/mol. The number of halogens is 1. The van der Waals surface area contributed by atoms with Gasteiger partial charge in [-0.15, -0.1) is 5.10 Å². The van der Waals surface area contributed by atoms with Crippen molar-refractivity contribution in [3.63, 3.8) is 0 Å². The van der Waals surface area contributed by atoms with Crippen LogP contribution < -0.4 is 0 Å². The van der Waals surface area contributed by atoms with Crippen molar-refractivity contribution in [2.24, 2.45) is 0 Å². The number of esters is 1. The summed E-state index contributed by atoms with van der Waals surface area (Å²) in [5.74, 6) is -0.754. The highest BCUT2D eigenvalue weighted by molar-refractivity contribution is 9.10. The van der Waals surface area contributed by atoms with Gasteiger partial charge in [-0.05, 0) is 24.3 Å². The molecule has 0 aliphatic rings. The minimum atomic E-state index is -3.42. The maximum absolute atomic E-state index is 12.1. The third-order valence-electron chi connectivity index (χ3n) is 2.70. The quantitative estimate of drug-likeness (QED) is 0.733. The van der Waals surface area contributed by atoms with E-state index in [-0.39, 0.29) is 22.9 Å². The smallest absolute Gasteiger partial charge is 0.360 e. The Morgan fingerprint density at radius 3 is 2.62 bits per heavy atom. The molecule has 7 nitrogen and oxygen atoms in total. The molecule has 112 valence electrons. The molecule has 1 aromatic carbocycles. The van der Waals surface area contributed by atoms with Crippen LogP contribution in [-0.4, -0.2) is 42.2 Å². The van der Waals surface area contributed by atoms with Crippen molar-refractivity contribution in [1.82, 2.24) is 15.0 Å². The molecule has 2 rings (SSSR count). The van der Waals surface area contributed by atoms with Gasteiger partial charge in [-0.1, -0.05) is 21.1 Å². The summed E-state index contributed by atoms with van der Waals surface area (Å²) >= 11 is 3.25. The lowest BCUT2D eigenvalue weighted by Gasteiger charge is -2.04. The first kappa shape index (κ1) is 15.6. The predicted molar refractivity (Wildman–Crippen MR) is 77.6 cm³/mol. The number of nitrogens with zero attached hydrogens (tertiary/aromatic N) is 3. The van der Waals surface area contributed by atoms with Crippen LogP contribution in [0, 0.1) is 0 Å². The molecule has 0 radical (unpaired) electrons. The van der Waals surface area contributed by atoms with E-state index in [1.54, 1.807) is 12.1 Å². The zero-order chi connectivity index (χ0) is 15.5. The molecule has 0 saturated heterocycles. The number of methoxy groups -OCH3 is 1. The zero-order valence-electron chi connectivity index (χ0n) is 11.1. The second kappa shape index (κ2) is 6.35. The molecular weight excluding hydrogens is 362 g/mol. The molecule has 0 fully saturated rings. The maximum atomic E-state index is 12.1. The summed E-state index contributed by atoms with van der Waals surface area (Å²) in [6.45, 7) is 0.0996. The first-order chi connectivity index (χ1) is 9.92. The fourth-order valence-electron chi connectivity index (χ4n) is 1.58. The number of hydrogen-bond donors (Lipinski definition) is 0. The normalized spacial score (nSPS) is 11.3. The van der Waals surface area contributed by atoms with Crippen LogP contribution in [0.15, 0.2) is 39.8 Å². The van der Waals surface area contributed by atoms with Gasteiger partial charge in [0.15, 0.2) is 15.5 Å². The Morgan fingerprint density at radius 2 is 2.00 bits per heavy atom. The Kier molecular flexibility index (Phi) is 4.73. The van der Waals surface area contributed by atoms with E-state index in [1.807, 2.05) is 0 Å². The molecule has 1 aromatic heterocycles. The fraction of sp³-hybridized carbons (Fsp3) is 0.250. The van der Waals surface area contributed by atoms with E-state index in [9.17, 15) is 13.2 Å². The summed E-state index contributed by atoms with van der Waals surface area (Å²) in [7, 11) is -2.18. The summed E-state index contributed by atoms with van der Waals surface area (Å²) in [4.78, 5) is 11.5. The predicted octanol–water partition coefficient (Wildman–Crippen LogP) is 1.30. The lowest BCUT2D eigenvalue weighted by Crippen LogP contribution is -2.13. The van der Waals surface area contributed by atoms with E-state index in [2.05, 4.69) is 31.0 Å². The average molecular weight is 374 g/mol. The summed E-state index contributed by atoms with van der Waals surface area (Å²) < 4.78 is 30.9. The minimum Gasteiger partial charge on any atom is -0.464 e. The number of hydrogen-bond acceptors (Lipinski definition) is 6. The number of carbonyl (C=O) groups is 1. The lowest BCUT2D eigenvalue weighted by molar-refractivity contribution is 0.0594. The van der Waals surface area contributed by atoms with Crippen LogP contribution in [0.3, 0.4) is 0 Å². The Labute approximate surface area is 130 Å². The first-order valence-corrected chi connectivity index (χ1v) is 8.33. The SMILES string of the molecule is COC(=O)c1cn(CCS(=O)(=O)c2ccc(Br)cc2)nn1. The molecule has 0 N–H and O–H groups in total. The molecule has 0 amide bonds. The molecule has 0 aliphatic carbocycles. The highest BCUT2D eigenvalue weighted by atomic mass is 79.9. The number of aryl methyl sites for hydroxylation is 1. The van der Waals surface area contributed by atoms with Gasteiger partial charge in [0.25, 0.3) is 0 Å². The molecule has 2 aromatic rings. The minimum absolute atomic E-state index is 0.0403. The topological polar surface area (TPSA) is 91.2 Å². The summed E-state index contributed by atoms with van der Waals surface area (Å²) in [6, 6.07) is 6.39. The Hall–Kier alpha value is -1.74. The first-order valence-electron chi connectivity index (χ1n) is 5.89. The Balaban J connectivity index is 2.06. The standard InChI is InChI=1S/C12H12BrN3O4S/c1-20-12(17)11-8-16(15-14-11)6-7-21(18,19)10-4-2-9(13)3-5-10/h2-5,8H,6-7H2,1H3. The number of benzene rings is 1. The molecule has 0 saturated carbocycles. The van der Waals surface area contributed by atoms with Crippen LogP contribution in [-0.2, 0) is 21.1 Å². The van der Waals surface area contributed by atoms with Crippen molar-refractivity contribution in [1.29, 1.82) is 0 Å². The summed E-state index contributed by atoms with van der Waals surface area (Å²) in [6.07, 6.45) is 1.35. The van der Waals surface area contributed by atoms with Crippen molar-refractivity contribution in [2.75, 3.05) is 12.9 Å². The Morgan fingerprint density at radius 1 is 1.33 bits per heavy atom. The van der Waals surface area contributed by atoms with E-state index >= 15 is 0 Å². The average Bonchev–Trinajstić information content (AvgIpc) is 2.94. The van der Waals surface area contributed by atoms with Gasteiger partial charge in [-0.25, -0.2) is 13.2 Å². The summed E-state index contributed by atoms with van der Waals surface area (Å²) in [5.41, 5.74) is 0.0403. The fourth-order valence-corrected chi connectivity index (χ4v) is 3.06. The van der Waals surface area contributed by atoms with Gasteiger partial charge >= 0.3 is 5.97 Å². The largest absolute Gasteiger partial charge is 0.464 e. The molecule has 0 aliphatic heterocycles. The van der Waals surface area contributed by atoms with Crippen molar-refractivity contribution in [2.45, 2.75) is 11.4 Å². The van der Waals surface area contributed by atoms with Crippen LogP contribution in [0.5, 0.6) is 0 Å². The van der Waals surface area contributed by atoms with Gasteiger partial charge in [0.1, 0.15) is 0 Å². The molecule has 21 heavy (non-hydrogen) atoms. The van der Waals surface area contributed by atoms with E-state index in [0.29, 0.717) is 0 Å². The number of ether oxygens (including phenoxy) is 1. The maximum Gasteiger partial charge on any atom is 0.360 e. The van der Waals surface area contributed by atoms with Crippen LogP contribution in [0.25, 0.3) is 0 Å². The van der Waals surface area contributed by atoms with Crippen molar-refractivity contribution in [3.8, 4) is 0 Å². The van der Waals surface area contributed by atoms with Gasteiger partial charge in [-0.3, -0.25) is 4.68 Å².